The molecule has 33 heavy (non-hydrogen) atoms. The average Bonchev–Trinajstić information content (AvgIpc) is 3.24. The summed E-state index contributed by atoms with van der Waals surface area (Å²) in [5, 5.41) is 2.70. The summed E-state index contributed by atoms with van der Waals surface area (Å²) in [4.78, 5) is 38.4. The van der Waals surface area contributed by atoms with E-state index in [4.69, 9.17) is 14.2 Å². The number of anilines is 2. The molecule has 1 aliphatic rings. The van der Waals surface area contributed by atoms with Crippen LogP contribution in [0.4, 0.5) is 11.4 Å². The van der Waals surface area contributed by atoms with Crippen molar-refractivity contribution in [3.8, 4) is 11.5 Å². The first kappa shape index (κ1) is 24.1. The molecule has 0 saturated carbocycles. The van der Waals surface area contributed by atoms with Crippen LogP contribution in [0.2, 0.25) is 0 Å². The second-order valence-electron chi connectivity index (χ2n) is 7.62. The van der Waals surface area contributed by atoms with E-state index in [0.717, 1.165) is 24.9 Å². The smallest absolute Gasteiger partial charge is 0.338 e. The third kappa shape index (κ3) is 6.71. The summed E-state index contributed by atoms with van der Waals surface area (Å²) in [6.07, 6.45) is 3.28. The van der Waals surface area contributed by atoms with Gasteiger partial charge in [-0.2, -0.15) is 0 Å². The molecule has 0 radical (unpaired) electrons. The van der Waals surface area contributed by atoms with Crippen LogP contribution in [0.3, 0.4) is 0 Å². The van der Waals surface area contributed by atoms with Gasteiger partial charge in [0.1, 0.15) is 0 Å². The van der Waals surface area contributed by atoms with Crippen molar-refractivity contribution in [3.63, 3.8) is 0 Å². The Kier molecular flexibility index (Phi) is 8.69. The van der Waals surface area contributed by atoms with Gasteiger partial charge in [0.25, 0.3) is 5.91 Å². The van der Waals surface area contributed by atoms with E-state index in [0.29, 0.717) is 43.4 Å². The molecule has 1 N–H and O–H groups in total. The number of esters is 1. The Balaban J connectivity index is 1.56. The molecular formula is C25H30N2O6. The molecule has 2 aromatic rings. The summed E-state index contributed by atoms with van der Waals surface area (Å²) in [7, 11) is 0. The highest BCUT2D eigenvalue weighted by molar-refractivity contribution is 5.98. The van der Waals surface area contributed by atoms with Crippen LogP contribution in [-0.4, -0.2) is 44.1 Å². The molecule has 8 nitrogen and oxygen atoms in total. The molecule has 0 aliphatic carbocycles. The van der Waals surface area contributed by atoms with E-state index < -0.39 is 18.5 Å². The summed E-state index contributed by atoms with van der Waals surface area (Å²) in [6, 6.07) is 11.8. The molecule has 0 spiro atoms. The Morgan fingerprint density at radius 1 is 1.06 bits per heavy atom. The van der Waals surface area contributed by atoms with Gasteiger partial charge < -0.3 is 24.4 Å². The molecule has 8 heteroatoms. The molecule has 3 rings (SSSR count). The van der Waals surface area contributed by atoms with Gasteiger partial charge in [-0.3, -0.25) is 9.59 Å². The lowest BCUT2D eigenvalue weighted by molar-refractivity contribution is -0.119. The van der Waals surface area contributed by atoms with E-state index >= 15 is 0 Å². The first-order chi connectivity index (χ1) is 16.0. The third-order valence-electron chi connectivity index (χ3n) is 5.08. The predicted molar refractivity (Wildman–Crippen MR) is 125 cm³/mol. The second kappa shape index (κ2) is 11.9. The lowest BCUT2D eigenvalue weighted by atomic mass is 10.2. The van der Waals surface area contributed by atoms with Crippen LogP contribution in [-0.2, 0) is 14.3 Å². The van der Waals surface area contributed by atoms with Gasteiger partial charge in [0.2, 0.25) is 5.91 Å². The number of rotatable bonds is 11. The fourth-order valence-corrected chi connectivity index (χ4v) is 3.43. The largest absolute Gasteiger partial charge is 0.490 e. The minimum atomic E-state index is -0.636. The van der Waals surface area contributed by atoms with Gasteiger partial charge in [0.05, 0.1) is 18.8 Å². The number of nitrogens with one attached hydrogen (secondary N) is 1. The van der Waals surface area contributed by atoms with Gasteiger partial charge in [0, 0.05) is 24.3 Å². The molecule has 1 aliphatic heterocycles. The van der Waals surface area contributed by atoms with Crippen molar-refractivity contribution in [3.05, 3.63) is 48.0 Å². The third-order valence-corrected chi connectivity index (χ3v) is 5.08. The Morgan fingerprint density at radius 2 is 1.91 bits per heavy atom. The van der Waals surface area contributed by atoms with Crippen LogP contribution < -0.4 is 19.7 Å². The fourth-order valence-electron chi connectivity index (χ4n) is 3.43. The summed E-state index contributed by atoms with van der Waals surface area (Å²) >= 11 is 0. The van der Waals surface area contributed by atoms with Crippen LogP contribution in [0.5, 0.6) is 11.5 Å². The average molecular weight is 455 g/mol. The number of amides is 2. The molecule has 176 valence electrons. The normalized spacial score (nSPS) is 13.0. The van der Waals surface area contributed by atoms with Gasteiger partial charge >= 0.3 is 5.97 Å². The number of ether oxygens (including phenoxy) is 3. The molecule has 2 aromatic carbocycles. The summed E-state index contributed by atoms with van der Waals surface area (Å²) in [6.45, 7) is 5.14. The highest BCUT2D eigenvalue weighted by atomic mass is 16.5. The van der Waals surface area contributed by atoms with Crippen molar-refractivity contribution in [2.24, 2.45) is 0 Å². The molecule has 0 bridgehead atoms. The zero-order valence-corrected chi connectivity index (χ0v) is 19.1. The Labute approximate surface area is 193 Å². The maximum Gasteiger partial charge on any atom is 0.338 e. The van der Waals surface area contributed by atoms with Crippen molar-refractivity contribution in [2.45, 2.75) is 39.5 Å². The van der Waals surface area contributed by atoms with Crippen molar-refractivity contribution in [1.29, 1.82) is 0 Å². The minimum absolute atomic E-state index is 0.0700. The van der Waals surface area contributed by atoms with Crippen molar-refractivity contribution >= 4 is 29.2 Å². The number of unbranched alkanes of at least 4 members (excludes halogenated alkanes) is 1. The van der Waals surface area contributed by atoms with E-state index in [1.807, 2.05) is 13.0 Å². The molecule has 1 fully saturated rings. The van der Waals surface area contributed by atoms with Crippen LogP contribution in [0, 0.1) is 0 Å². The highest BCUT2D eigenvalue weighted by Gasteiger charge is 2.22. The van der Waals surface area contributed by atoms with Crippen molar-refractivity contribution in [2.75, 3.05) is 36.6 Å². The molecule has 0 unspecified atom stereocenters. The predicted octanol–water partition coefficient (Wildman–Crippen LogP) is 4.19. The van der Waals surface area contributed by atoms with Gasteiger partial charge in [0.15, 0.2) is 18.1 Å². The lowest BCUT2D eigenvalue weighted by Crippen LogP contribution is -2.24. The van der Waals surface area contributed by atoms with Crippen molar-refractivity contribution in [1.82, 2.24) is 0 Å². The zero-order chi connectivity index (χ0) is 23.6. The minimum Gasteiger partial charge on any atom is -0.490 e. The zero-order valence-electron chi connectivity index (χ0n) is 19.1. The number of carbonyl (C=O) groups excluding carboxylic acids is 3. The highest BCUT2D eigenvalue weighted by Crippen LogP contribution is 2.29. The van der Waals surface area contributed by atoms with E-state index in [9.17, 15) is 14.4 Å². The topological polar surface area (TPSA) is 94.2 Å². The standard InChI is InChI=1S/C25H30N2O6/c1-3-5-14-32-21-12-11-18(15-22(21)31-4-2)25(30)33-17-23(28)26-19-8-6-9-20(16-19)27-13-7-10-24(27)29/h6,8-9,11-12,15-16H,3-5,7,10,13-14,17H2,1-2H3,(H,26,28). The first-order valence-electron chi connectivity index (χ1n) is 11.3. The van der Waals surface area contributed by atoms with E-state index in [1.54, 1.807) is 41.3 Å². The summed E-state index contributed by atoms with van der Waals surface area (Å²) < 4.78 is 16.5. The van der Waals surface area contributed by atoms with Gasteiger partial charge in [-0.1, -0.05) is 19.4 Å². The van der Waals surface area contributed by atoms with Crippen LogP contribution >= 0.6 is 0 Å². The Morgan fingerprint density at radius 3 is 2.64 bits per heavy atom. The molecule has 1 heterocycles. The molecule has 0 atom stereocenters. The second-order valence-corrected chi connectivity index (χ2v) is 7.62. The van der Waals surface area contributed by atoms with E-state index in [-0.39, 0.29) is 11.5 Å². The lowest BCUT2D eigenvalue weighted by Gasteiger charge is -2.16. The molecular weight excluding hydrogens is 424 g/mol. The van der Waals surface area contributed by atoms with E-state index in [2.05, 4.69) is 12.2 Å². The van der Waals surface area contributed by atoms with Crippen molar-refractivity contribution < 1.29 is 28.6 Å². The van der Waals surface area contributed by atoms with Gasteiger partial charge in [-0.15, -0.1) is 0 Å². The maximum atomic E-state index is 12.5. The molecule has 0 aromatic heterocycles. The maximum absolute atomic E-state index is 12.5. The number of hydrogen-bond donors (Lipinski definition) is 1. The van der Waals surface area contributed by atoms with Crippen LogP contribution in [0.15, 0.2) is 42.5 Å². The fraction of sp³-hybridized carbons (Fsp3) is 0.400. The van der Waals surface area contributed by atoms with E-state index in [1.165, 1.54) is 0 Å². The van der Waals surface area contributed by atoms with Crippen LogP contribution in [0.1, 0.15) is 49.9 Å². The molecule has 1 saturated heterocycles. The SMILES string of the molecule is CCCCOc1ccc(C(=O)OCC(=O)Nc2cccc(N3CCCC3=O)c2)cc1OCC. The Bertz CT molecular complexity index is 991. The number of hydrogen-bond acceptors (Lipinski definition) is 6. The Hall–Kier alpha value is -3.55. The quantitative estimate of drug-likeness (QED) is 0.404. The van der Waals surface area contributed by atoms with Gasteiger partial charge in [-0.05, 0) is 56.2 Å². The summed E-state index contributed by atoms with van der Waals surface area (Å²) in [5.41, 5.74) is 1.53. The summed E-state index contributed by atoms with van der Waals surface area (Å²) in [5.74, 6) is -0.0160. The molecule has 2 amide bonds. The first-order valence-corrected chi connectivity index (χ1v) is 11.3. The monoisotopic (exact) mass is 454 g/mol. The van der Waals surface area contributed by atoms with Crippen LogP contribution in [0.25, 0.3) is 0 Å². The van der Waals surface area contributed by atoms with Gasteiger partial charge in [-0.25, -0.2) is 4.79 Å². The number of benzene rings is 2. The number of carbonyl (C=O) groups is 3. The number of nitrogens with zero attached hydrogens (tertiary/aromatic N) is 1.